The summed E-state index contributed by atoms with van der Waals surface area (Å²) >= 11 is 0. The Morgan fingerprint density at radius 2 is 1.83 bits per heavy atom. The van der Waals surface area contributed by atoms with Crippen LogP contribution >= 0.6 is 0 Å². The van der Waals surface area contributed by atoms with Crippen LogP contribution in [0.1, 0.15) is 16.1 Å². The first-order valence-electron chi connectivity index (χ1n) is 7.68. The molecule has 0 aliphatic rings. The minimum Gasteiger partial charge on any atom is -0.472 e. The van der Waals surface area contributed by atoms with Gasteiger partial charge >= 0.3 is 0 Å². The van der Waals surface area contributed by atoms with Gasteiger partial charge in [0.05, 0.1) is 18.4 Å². The minimum absolute atomic E-state index is 0.118. The van der Waals surface area contributed by atoms with E-state index >= 15 is 0 Å². The Bertz CT molecular complexity index is 978. The fraction of sp³-hybridized carbons (Fsp3) is 0.0500. The molecule has 0 radical (unpaired) electrons. The summed E-state index contributed by atoms with van der Waals surface area (Å²) in [6, 6.07) is 19.1. The molecule has 4 heteroatoms. The number of benzene rings is 2. The molecular weight excluding hydrogens is 302 g/mol. The summed E-state index contributed by atoms with van der Waals surface area (Å²) in [6.45, 7) is 0.333. The van der Waals surface area contributed by atoms with E-state index < -0.39 is 0 Å². The highest BCUT2D eigenvalue weighted by molar-refractivity contribution is 6.06. The number of hydrogen-bond acceptors (Lipinski definition) is 3. The third-order valence-electron chi connectivity index (χ3n) is 3.92. The molecule has 1 N–H and O–H groups in total. The van der Waals surface area contributed by atoms with Crippen molar-refractivity contribution in [2.45, 2.75) is 6.54 Å². The Kier molecular flexibility index (Phi) is 3.63. The minimum atomic E-state index is -0.118. The summed E-state index contributed by atoms with van der Waals surface area (Å²) in [7, 11) is 0. The molecule has 0 saturated carbocycles. The van der Waals surface area contributed by atoms with Crippen LogP contribution in [0.25, 0.3) is 22.1 Å². The zero-order chi connectivity index (χ0) is 16.4. The van der Waals surface area contributed by atoms with Crippen LogP contribution < -0.4 is 5.32 Å². The Morgan fingerprint density at radius 3 is 2.71 bits per heavy atom. The Hall–Kier alpha value is -3.27. The molecular formula is C20H15NO3. The summed E-state index contributed by atoms with van der Waals surface area (Å²) in [6.07, 6.45) is 3.22. The van der Waals surface area contributed by atoms with Crippen LogP contribution in [0.3, 0.4) is 0 Å². The van der Waals surface area contributed by atoms with Gasteiger partial charge in [-0.3, -0.25) is 4.79 Å². The van der Waals surface area contributed by atoms with E-state index in [2.05, 4.69) is 5.32 Å². The van der Waals surface area contributed by atoms with Gasteiger partial charge in [0.15, 0.2) is 0 Å². The van der Waals surface area contributed by atoms with Crippen molar-refractivity contribution in [3.8, 4) is 11.3 Å². The normalized spacial score (nSPS) is 10.8. The monoisotopic (exact) mass is 317 g/mol. The number of nitrogens with one attached hydrogen (secondary N) is 1. The lowest BCUT2D eigenvalue weighted by Gasteiger charge is -2.07. The largest absolute Gasteiger partial charge is 0.472 e. The van der Waals surface area contributed by atoms with Crippen molar-refractivity contribution in [1.82, 2.24) is 5.32 Å². The number of furan rings is 2. The van der Waals surface area contributed by atoms with Gasteiger partial charge in [0.2, 0.25) is 0 Å². The Labute approximate surface area is 138 Å². The molecule has 2 aromatic carbocycles. The highest BCUT2D eigenvalue weighted by Crippen LogP contribution is 2.23. The van der Waals surface area contributed by atoms with Crippen LogP contribution in [0.2, 0.25) is 0 Å². The van der Waals surface area contributed by atoms with E-state index in [0.717, 1.165) is 22.1 Å². The number of fused-ring (bicyclic) bond motifs is 1. The van der Waals surface area contributed by atoms with Gasteiger partial charge in [-0.1, -0.05) is 36.4 Å². The van der Waals surface area contributed by atoms with Crippen molar-refractivity contribution in [3.63, 3.8) is 0 Å². The summed E-state index contributed by atoms with van der Waals surface area (Å²) in [4.78, 5) is 12.5. The van der Waals surface area contributed by atoms with Crippen molar-refractivity contribution >= 4 is 16.7 Å². The van der Waals surface area contributed by atoms with Crippen LogP contribution in [-0.2, 0) is 6.54 Å². The fourth-order valence-electron chi connectivity index (χ4n) is 2.72. The molecule has 0 unspecified atom stereocenters. The van der Waals surface area contributed by atoms with E-state index in [1.54, 1.807) is 12.5 Å². The maximum absolute atomic E-state index is 12.5. The maximum Gasteiger partial charge on any atom is 0.252 e. The second kappa shape index (κ2) is 6.08. The summed E-state index contributed by atoms with van der Waals surface area (Å²) < 4.78 is 10.8. The standard InChI is InChI=1S/C20H15NO3/c22-20(18-7-3-5-14-4-1-2-6-17(14)18)21-12-16-8-9-19(24-16)15-10-11-23-13-15/h1-11,13H,12H2,(H,21,22). The lowest BCUT2D eigenvalue weighted by molar-refractivity contribution is 0.0950. The van der Waals surface area contributed by atoms with Crippen molar-refractivity contribution < 1.29 is 13.6 Å². The molecule has 0 aliphatic carbocycles. The van der Waals surface area contributed by atoms with Gasteiger partial charge in [0.1, 0.15) is 17.8 Å². The number of amides is 1. The van der Waals surface area contributed by atoms with Gasteiger partial charge in [-0.2, -0.15) is 0 Å². The second-order valence-corrected chi connectivity index (χ2v) is 5.49. The fourth-order valence-corrected chi connectivity index (χ4v) is 2.72. The lowest BCUT2D eigenvalue weighted by Crippen LogP contribution is -2.22. The van der Waals surface area contributed by atoms with Gasteiger partial charge in [0.25, 0.3) is 5.91 Å². The number of hydrogen-bond donors (Lipinski definition) is 1. The van der Waals surface area contributed by atoms with E-state index in [0.29, 0.717) is 17.9 Å². The SMILES string of the molecule is O=C(NCc1ccc(-c2ccoc2)o1)c1cccc2ccccc12. The molecule has 1 amide bonds. The van der Waals surface area contributed by atoms with Crippen molar-refractivity contribution in [1.29, 1.82) is 0 Å². The summed E-state index contributed by atoms with van der Waals surface area (Å²) in [5, 5.41) is 4.90. The van der Waals surface area contributed by atoms with E-state index in [9.17, 15) is 4.79 Å². The molecule has 0 bridgehead atoms. The van der Waals surface area contributed by atoms with Gasteiger partial charge in [0, 0.05) is 5.56 Å². The molecule has 4 rings (SSSR count). The Morgan fingerprint density at radius 1 is 0.958 bits per heavy atom. The van der Waals surface area contributed by atoms with Crippen LogP contribution in [0.4, 0.5) is 0 Å². The molecule has 118 valence electrons. The first-order valence-corrected chi connectivity index (χ1v) is 7.68. The predicted molar refractivity (Wildman–Crippen MR) is 91.5 cm³/mol. The highest BCUT2D eigenvalue weighted by Gasteiger charge is 2.11. The van der Waals surface area contributed by atoms with Crippen LogP contribution in [0, 0.1) is 0 Å². The smallest absolute Gasteiger partial charge is 0.252 e. The summed E-state index contributed by atoms with van der Waals surface area (Å²) in [5.41, 5.74) is 1.54. The first-order chi connectivity index (χ1) is 11.8. The molecule has 2 heterocycles. The average molecular weight is 317 g/mol. The third-order valence-corrected chi connectivity index (χ3v) is 3.92. The van der Waals surface area contributed by atoms with E-state index in [4.69, 9.17) is 8.83 Å². The van der Waals surface area contributed by atoms with Crippen molar-refractivity contribution in [2.75, 3.05) is 0 Å². The molecule has 0 saturated heterocycles. The van der Waals surface area contributed by atoms with Gasteiger partial charge < -0.3 is 14.2 Å². The maximum atomic E-state index is 12.5. The van der Waals surface area contributed by atoms with Crippen LogP contribution in [-0.4, -0.2) is 5.91 Å². The predicted octanol–water partition coefficient (Wildman–Crippen LogP) is 4.62. The van der Waals surface area contributed by atoms with E-state index in [-0.39, 0.29) is 5.91 Å². The van der Waals surface area contributed by atoms with Crippen LogP contribution in [0.15, 0.2) is 82.0 Å². The van der Waals surface area contributed by atoms with E-state index in [1.165, 1.54) is 0 Å². The lowest BCUT2D eigenvalue weighted by atomic mass is 10.0. The zero-order valence-electron chi connectivity index (χ0n) is 12.9. The molecule has 24 heavy (non-hydrogen) atoms. The molecule has 0 spiro atoms. The quantitative estimate of drug-likeness (QED) is 0.597. The van der Waals surface area contributed by atoms with Gasteiger partial charge in [-0.25, -0.2) is 0 Å². The van der Waals surface area contributed by atoms with Crippen molar-refractivity contribution in [3.05, 3.63) is 84.5 Å². The topological polar surface area (TPSA) is 55.4 Å². The highest BCUT2D eigenvalue weighted by atomic mass is 16.3. The zero-order valence-corrected chi connectivity index (χ0v) is 12.9. The van der Waals surface area contributed by atoms with Gasteiger partial charge in [-0.15, -0.1) is 0 Å². The number of carbonyl (C=O) groups excluding carboxylic acids is 1. The van der Waals surface area contributed by atoms with E-state index in [1.807, 2.05) is 60.7 Å². The molecule has 0 aliphatic heterocycles. The van der Waals surface area contributed by atoms with Gasteiger partial charge in [-0.05, 0) is 35.0 Å². The number of rotatable bonds is 4. The molecule has 4 aromatic rings. The second-order valence-electron chi connectivity index (χ2n) is 5.49. The Balaban J connectivity index is 1.50. The third kappa shape index (κ3) is 2.70. The molecule has 0 atom stereocenters. The molecule has 4 nitrogen and oxygen atoms in total. The number of carbonyl (C=O) groups is 1. The van der Waals surface area contributed by atoms with Crippen molar-refractivity contribution in [2.24, 2.45) is 0 Å². The van der Waals surface area contributed by atoms with Crippen LogP contribution in [0.5, 0.6) is 0 Å². The first kappa shape index (κ1) is 14.3. The average Bonchev–Trinajstić information content (AvgIpc) is 3.30. The molecule has 2 aromatic heterocycles. The molecule has 0 fully saturated rings. The summed E-state index contributed by atoms with van der Waals surface area (Å²) in [5.74, 6) is 1.30.